The molecule has 5 nitrogen and oxygen atoms in total. The summed E-state index contributed by atoms with van der Waals surface area (Å²) in [5.41, 5.74) is -0.0242. The van der Waals surface area contributed by atoms with Crippen molar-refractivity contribution >= 4 is 0 Å². The Bertz CT molecular complexity index is 453. The minimum atomic E-state index is -0.0242. The normalized spacial score (nSPS) is 10.6. The molecule has 0 fully saturated rings. The lowest BCUT2D eigenvalue weighted by Gasteiger charge is -1.96. The van der Waals surface area contributed by atoms with Gasteiger partial charge in [-0.15, -0.1) is 0 Å². The standard InChI is InChI=1S/C9H11N3O2/c1-2-11-5-6-12(9(11)13)7-8-3-4-10-14-8/h3-6H,2,7H2,1H3. The molecule has 0 aliphatic rings. The average molecular weight is 193 g/mol. The summed E-state index contributed by atoms with van der Waals surface area (Å²) in [6.07, 6.45) is 5.07. The molecular weight excluding hydrogens is 182 g/mol. The van der Waals surface area contributed by atoms with Crippen molar-refractivity contribution in [3.63, 3.8) is 0 Å². The van der Waals surface area contributed by atoms with Crippen LogP contribution in [-0.4, -0.2) is 14.3 Å². The first-order valence-corrected chi connectivity index (χ1v) is 4.46. The van der Waals surface area contributed by atoms with Crippen LogP contribution in [0.2, 0.25) is 0 Å². The molecule has 2 rings (SSSR count). The molecule has 0 spiro atoms. The molecule has 0 saturated heterocycles. The van der Waals surface area contributed by atoms with Crippen molar-refractivity contribution in [2.24, 2.45) is 0 Å². The summed E-state index contributed by atoms with van der Waals surface area (Å²) in [6, 6.07) is 1.75. The Morgan fingerprint density at radius 3 is 2.79 bits per heavy atom. The molecule has 0 unspecified atom stereocenters. The molecule has 0 aliphatic heterocycles. The Labute approximate surface area is 80.6 Å². The number of nitrogens with zero attached hydrogens (tertiary/aromatic N) is 3. The van der Waals surface area contributed by atoms with Crippen LogP contribution < -0.4 is 5.69 Å². The van der Waals surface area contributed by atoms with Crippen molar-refractivity contribution in [1.29, 1.82) is 0 Å². The maximum atomic E-state index is 11.6. The van der Waals surface area contributed by atoms with Crippen LogP contribution >= 0.6 is 0 Å². The van der Waals surface area contributed by atoms with E-state index in [0.717, 1.165) is 0 Å². The van der Waals surface area contributed by atoms with Gasteiger partial charge in [-0.25, -0.2) is 4.79 Å². The number of aryl methyl sites for hydroxylation is 1. The van der Waals surface area contributed by atoms with Crippen LogP contribution in [0.1, 0.15) is 12.7 Å². The fourth-order valence-corrected chi connectivity index (χ4v) is 1.31. The molecule has 14 heavy (non-hydrogen) atoms. The SMILES string of the molecule is CCn1ccn(Cc2ccno2)c1=O. The maximum Gasteiger partial charge on any atom is 0.328 e. The fraction of sp³-hybridized carbons (Fsp3) is 0.333. The van der Waals surface area contributed by atoms with Crippen molar-refractivity contribution in [1.82, 2.24) is 14.3 Å². The van der Waals surface area contributed by atoms with Gasteiger partial charge in [-0.1, -0.05) is 5.16 Å². The Morgan fingerprint density at radius 1 is 1.43 bits per heavy atom. The molecule has 74 valence electrons. The van der Waals surface area contributed by atoms with E-state index >= 15 is 0 Å². The molecule has 0 bridgehead atoms. The van der Waals surface area contributed by atoms with E-state index in [-0.39, 0.29) is 5.69 Å². The number of hydrogen-bond acceptors (Lipinski definition) is 3. The molecule has 2 aromatic heterocycles. The van der Waals surface area contributed by atoms with E-state index in [1.54, 1.807) is 33.8 Å². The van der Waals surface area contributed by atoms with E-state index in [4.69, 9.17) is 4.52 Å². The van der Waals surface area contributed by atoms with Crippen LogP contribution in [0.15, 0.2) is 34.0 Å². The molecule has 0 saturated carbocycles. The van der Waals surface area contributed by atoms with Crippen molar-refractivity contribution in [3.05, 3.63) is 40.9 Å². The van der Waals surface area contributed by atoms with Gasteiger partial charge < -0.3 is 4.52 Å². The number of rotatable bonds is 3. The highest BCUT2D eigenvalue weighted by atomic mass is 16.5. The topological polar surface area (TPSA) is 53.0 Å². The van der Waals surface area contributed by atoms with E-state index < -0.39 is 0 Å². The largest absolute Gasteiger partial charge is 0.359 e. The second kappa shape index (κ2) is 3.53. The number of imidazole rings is 1. The molecule has 5 heteroatoms. The summed E-state index contributed by atoms with van der Waals surface area (Å²) in [5, 5.41) is 3.58. The number of hydrogen-bond donors (Lipinski definition) is 0. The molecule has 0 radical (unpaired) electrons. The van der Waals surface area contributed by atoms with Gasteiger partial charge in [0.15, 0.2) is 5.76 Å². The predicted octanol–water partition coefficient (Wildman–Crippen LogP) is 0.706. The molecular formula is C9H11N3O2. The van der Waals surface area contributed by atoms with Gasteiger partial charge in [0.05, 0.1) is 12.7 Å². The van der Waals surface area contributed by atoms with Crippen molar-refractivity contribution in [2.75, 3.05) is 0 Å². The number of aromatic nitrogens is 3. The highest BCUT2D eigenvalue weighted by Gasteiger charge is 2.04. The van der Waals surface area contributed by atoms with Crippen LogP contribution in [0.5, 0.6) is 0 Å². The molecule has 2 aromatic rings. The smallest absolute Gasteiger partial charge is 0.328 e. The third-order valence-corrected chi connectivity index (χ3v) is 2.08. The third-order valence-electron chi connectivity index (χ3n) is 2.08. The van der Waals surface area contributed by atoms with Crippen molar-refractivity contribution in [3.8, 4) is 0 Å². The monoisotopic (exact) mass is 193 g/mol. The van der Waals surface area contributed by atoms with Crippen molar-refractivity contribution in [2.45, 2.75) is 20.0 Å². The molecule has 0 aliphatic carbocycles. The second-order valence-electron chi connectivity index (χ2n) is 2.97. The summed E-state index contributed by atoms with van der Waals surface area (Å²) in [7, 11) is 0. The average Bonchev–Trinajstić information content (AvgIpc) is 2.79. The van der Waals surface area contributed by atoms with Crippen LogP contribution in [0.3, 0.4) is 0 Å². The summed E-state index contributed by atoms with van der Waals surface area (Å²) in [4.78, 5) is 11.6. The Morgan fingerprint density at radius 2 is 2.21 bits per heavy atom. The first-order valence-electron chi connectivity index (χ1n) is 4.46. The zero-order valence-electron chi connectivity index (χ0n) is 7.88. The van der Waals surface area contributed by atoms with Gasteiger partial charge in [0, 0.05) is 25.0 Å². The van der Waals surface area contributed by atoms with Gasteiger partial charge in [-0.05, 0) is 6.92 Å². The van der Waals surface area contributed by atoms with Gasteiger partial charge >= 0.3 is 5.69 Å². The van der Waals surface area contributed by atoms with E-state index in [1.165, 1.54) is 0 Å². The molecule has 2 heterocycles. The summed E-state index contributed by atoms with van der Waals surface area (Å²) in [6.45, 7) is 3.05. The second-order valence-corrected chi connectivity index (χ2v) is 2.97. The van der Waals surface area contributed by atoms with Gasteiger partial charge in [0.1, 0.15) is 0 Å². The molecule has 0 aromatic carbocycles. The van der Waals surface area contributed by atoms with Crippen molar-refractivity contribution < 1.29 is 4.52 Å². The molecule has 0 atom stereocenters. The Balaban J connectivity index is 2.26. The van der Waals surface area contributed by atoms with Crippen LogP contribution in [0.25, 0.3) is 0 Å². The lowest BCUT2D eigenvalue weighted by Crippen LogP contribution is -2.23. The van der Waals surface area contributed by atoms with E-state index in [2.05, 4.69) is 5.16 Å². The summed E-state index contributed by atoms with van der Waals surface area (Å²) >= 11 is 0. The highest BCUT2D eigenvalue weighted by molar-refractivity contribution is 4.95. The molecule has 0 amide bonds. The quantitative estimate of drug-likeness (QED) is 0.721. The fourth-order valence-electron chi connectivity index (χ4n) is 1.31. The van der Waals surface area contributed by atoms with E-state index in [9.17, 15) is 4.79 Å². The summed E-state index contributed by atoms with van der Waals surface area (Å²) in [5.74, 6) is 0.681. The summed E-state index contributed by atoms with van der Waals surface area (Å²) < 4.78 is 8.14. The molecule has 0 N–H and O–H groups in total. The zero-order valence-corrected chi connectivity index (χ0v) is 7.88. The Hall–Kier alpha value is -1.78. The first-order chi connectivity index (χ1) is 6.81. The van der Waals surface area contributed by atoms with Crippen LogP contribution in [0.4, 0.5) is 0 Å². The van der Waals surface area contributed by atoms with Crippen LogP contribution in [-0.2, 0) is 13.1 Å². The van der Waals surface area contributed by atoms with Gasteiger partial charge in [0.2, 0.25) is 0 Å². The minimum absolute atomic E-state index is 0.0242. The predicted molar refractivity (Wildman–Crippen MR) is 50.0 cm³/mol. The van der Waals surface area contributed by atoms with E-state index in [1.807, 2.05) is 6.92 Å². The lowest BCUT2D eigenvalue weighted by molar-refractivity contribution is 0.374. The first kappa shape index (κ1) is 8.80. The zero-order chi connectivity index (χ0) is 9.97. The third kappa shape index (κ3) is 1.48. The van der Waals surface area contributed by atoms with Crippen LogP contribution in [0, 0.1) is 0 Å². The highest BCUT2D eigenvalue weighted by Crippen LogP contribution is 1.98. The van der Waals surface area contributed by atoms with E-state index in [0.29, 0.717) is 18.8 Å². The minimum Gasteiger partial charge on any atom is -0.359 e. The van der Waals surface area contributed by atoms with Gasteiger partial charge in [0.25, 0.3) is 0 Å². The van der Waals surface area contributed by atoms with Gasteiger partial charge in [-0.3, -0.25) is 9.13 Å². The maximum absolute atomic E-state index is 11.6. The van der Waals surface area contributed by atoms with Gasteiger partial charge in [-0.2, -0.15) is 0 Å². The lowest BCUT2D eigenvalue weighted by atomic mass is 10.4. The Kier molecular flexibility index (Phi) is 2.22.